The zero-order valence-corrected chi connectivity index (χ0v) is 9.03. The number of aromatic hydroxyl groups is 1. The lowest BCUT2D eigenvalue weighted by Crippen LogP contribution is -2.29. The summed E-state index contributed by atoms with van der Waals surface area (Å²) in [4.78, 5) is 21.8. The second-order valence-corrected chi connectivity index (χ2v) is 3.31. The molecule has 0 aliphatic carbocycles. The highest BCUT2D eigenvalue weighted by atomic mass is 16.5. The minimum atomic E-state index is -1.87. The Morgan fingerprint density at radius 1 is 1.41 bits per heavy atom. The quantitative estimate of drug-likeness (QED) is 0.496. The zero-order valence-electron chi connectivity index (χ0n) is 9.03. The molecule has 0 saturated heterocycles. The van der Waals surface area contributed by atoms with Crippen LogP contribution >= 0.6 is 0 Å². The summed E-state index contributed by atoms with van der Waals surface area (Å²) in [6.07, 6.45) is -3.20. The van der Waals surface area contributed by atoms with E-state index in [2.05, 4.69) is 4.74 Å². The van der Waals surface area contributed by atoms with Crippen LogP contribution in [0.1, 0.15) is 22.0 Å². The number of ether oxygens (including phenoxy) is 1. The van der Waals surface area contributed by atoms with Crippen LogP contribution in [0, 0.1) is 0 Å². The summed E-state index contributed by atoms with van der Waals surface area (Å²) < 4.78 is 4.25. The van der Waals surface area contributed by atoms with Crippen LogP contribution in [0.2, 0.25) is 0 Å². The number of aliphatic hydroxyl groups is 2. The predicted molar refractivity (Wildman–Crippen MR) is 56.5 cm³/mol. The Morgan fingerprint density at radius 3 is 2.59 bits per heavy atom. The first kappa shape index (κ1) is 13.1. The lowest BCUT2D eigenvalue weighted by molar-refractivity contribution is -0.156. The fourth-order valence-electron chi connectivity index (χ4n) is 1.40. The van der Waals surface area contributed by atoms with Crippen molar-refractivity contribution in [3.8, 4) is 5.75 Å². The number of aldehydes is 1. The SMILES string of the molecule is COC(=O)C(O)C(O)c1c(O)cccc1C=O. The van der Waals surface area contributed by atoms with E-state index in [1.165, 1.54) is 18.2 Å². The minimum absolute atomic E-state index is 0.0135. The Morgan fingerprint density at radius 2 is 2.06 bits per heavy atom. The summed E-state index contributed by atoms with van der Waals surface area (Å²) in [5.74, 6) is -1.44. The van der Waals surface area contributed by atoms with Crippen molar-refractivity contribution < 1.29 is 29.6 Å². The first-order valence-corrected chi connectivity index (χ1v) is 4.74. The maximum atomic E-state index is 11.0. The van der Waals surface area contributed by atoms with E-state index in [1.807, 2.05) is 0 Å². The number of phenolic OH excluding ortho intramolecular Hbond substituents is 1. The molecule has 17 heavy (non-hydrogen) atoms. The van der Waals surface area contributed by atoms with Crippen molar-refractivity contribution in [2.45, 2.75) is 12.2 Å². The van der Waals surface area contributed by atoms with E-state index >= 15 is 0 Å². The summed E-state index contributed by atoms with van der Waals surface area (Å²) in [5, 5.41) is 28.7. The molecule has 1 rings (SSSR count). The van der Waals surface area contributed by atoms with E-state index in [0.717, 1.165) is 7.11 Å². The monoisotopic (exact) mass is 240 g/mol. The highest BCUT2D eigenvalue weighted by Crippen LogP contribution is 2.29. The number of carbonyl (C=O) groups excluding carboxylic acids is 2. The minimum Gasteiger partial charge on any atom is -0.508 e. The van der Waals surface area contributed by atoms with E-state index in [4.69, 9.17) is 0 Å². The molecular weight excluding hydrogens is 228 g/mol. The lowest BCUT2D eigenvalue weighted by atomic mass is 9.98. The van der Waals surface area contributed by atoms with Crippen molar-refractivity contribution in [3.05, 3.63) is 29.3 Å². The van der Waals surface area contributed by atoms with Crippen molar-refractivity contribution >= 4 is 12.3 Å². The fraction of sp³-hybridized carbons (Fsp3) is 0.273. The molecule has 0 amide bonds. The smallest absolute Gasteiger partial charge is 0.337 e. The average Bonchev–Trinajstić information content (AvgIpc) is 2.35. The van der Waals surface area contributed by atoms with Crippen molar-refractivity contribution in [2.24, 2.45) is 0 Å². The van der Waals surface area contributed by atoms with E-state index in [-0.39, 0.29) is 16.9 Å². The van der Waals surface area contributed by atoms with E-state index in [0.29, 0.717) is 6.29 Å². The number of hydrogen-bond acceptors (Lipinski definition) is 6. The number of benzene rings is 1. The van der Waals surface area contributed by atoms with Gasteiger partial charge in [-0.15, -0.1) is 0 Å². The molecule has 0 heterocycles. The van der Waals surface area contributed by atoms with Crippen molar-refractivity contribution in [2.75, 3.05) is 7.11 Å². The number of aliphatic hydroxyl groups excluding tert-OH is 2. The number of rotatable bonds is 4. The Kier molecular flexibility index (Phi) is 4.19. The van der Waals surface area contributed by atoms with Gasteiger partial charge in [0.05, 0.1) is 7.11 Å². The van der Waals surface area contributed by atoms with Crippen LogP contribution < -0.4 is 0 Å². The molecule has 0 aliphatic heterocycles. The molecule has 3 N–H and O–H groups in total. The number of esters is 1. The molecule has 0 aliphatic rings. The standard InChI is InChI=1S/C11H12O6/c1-17-11(16)10(15)9(14)8-6(5-12)3-2-4-7(8)13/h2-5,9-10,13-15H,1H3. The highest BCUT2D eigenvalue weighted by molar-refractivity contribution is 5.81. The number of hydrogen-bond donors (Lipinski definition) is 3. The van der Waals surface area contributed by atoms with Gasteiger partial charge in [0, 0.05) is 11.1 Å². The maximum Gasteiger partial charge on any atom is 0.337 e. The van der Waals surface area contributed by atoms with Crippen molar-refractivity contribution in [3.63, 3.8) is 0 Å². The maximum absolute atomic E-state index is 11.0. The van der Waals surface area contributed by atoms with Gasteiger partial charge in [0.2, 0.25) is 0 Å². The molecule has 0 fully saturated rings. The molecule has 1 aromatic rings. The topological polar surface area (TPSA) is 104 Å². The van der Waals surface area contributed by atoms with Crippen LogP contribution in [0.3, 0.4) is 0 Å². The molecule has 6 heteroatoms. The fourth-order valence-corrected chi connectivity index (χ4v) is 1.40. The van der Waals surface area contributed by atoms with Gasteiger partial charge in [-0.2, -0.15) is 0 Å². The Bertz CT molecular complexity index is 428. The van der Waals surface area contributed by atoms with Crippen molar-refractivity contribution in [1.29, 1.82) is 0 Å². The average molecular weight is 240 g/mol. The zero-order chi connectivity index (χ0) is 13.0. The molecular formula is C11H12O6. The van der Waals surface area contributed by atoms with Crippen LogP contribution in [-0.4, -0.2) is 40.8 Å². The van der Waals surface area contributed by atoms with Crippen LogP contribution in [0.25, 0.3) is 0 Å². The highest BCUT2D eigenvalue weighted by Gasteiger charge is 2.30. The lowest BCUT2D eigenvalue weighted by Gasteiger charge is -2.18. The number of phenols is 1. The molecule has 0 aromatic heterocycles. The van der Waals surface area contributed by atoms with Gasteiger partial charge in [0.1, 0.15) is 11.9 Å². The molecule has 0 spiro atoms. The van der Waals surface area contributed by atoms with Crippen molar-refractivity contribution in [1.82, 2.24) is 0 Å². The molecule has 2 unspecified atom stereocenters. The van der Waals surface area contributed by atoms with Crippen LogP contribution in [0.5, 0.6) is 5.75 Å². The Balaban J connectivity index is 3.15. The van der Waals surface area contributed by atoms with Crippen LogP contribution in [0.4, 0.5) is 0 Å². The van der Waals surface area contributed by atoms with Gasteiger partial charge < -0.3 is 20.1 Å². The third-order valence-electron chi connectivity index (χ3n) is 2.28. The van der Waals surface area contributed by atoms with Gasteiger partial charge in [-0.3, -0.25) is 4.79 Å². The van der Waals surface area contributed by atoms with Crippen LogP contribution in [-0.2, 0) is 9.53 Å². The third-order valence-corrected chi connectivity index (χ3v) is 2.28. The molecule has 6 nitrogen and oxygen atoms in total. The van der Waals surface area contributed by atoms with Gasteiger partial charge in [-0.05, 0) is 6.07 Å². The summed E-state index contributed by atoms with van der Waals surface area (Å²) in [5.41, 5.74) is -0.221. The second kappa shape index (κ2) is 5.42. The van der Waals surface area contributed by atoms with Gasteiger partial charge in [0.15, 0.2) is 12.4 Å². The molecule has 0 radical (unpaired) electrons. The number of methoxy groups -OCH3 is 1. The largest absolute Gasteiger partial charge is 0.508 e. The van der Waals surface area contributed by atoms with E-state index < -0.39 is 18.2 Å². The molecule has 1 aromatic carbocycles. The summed E-state index contributed by atoms with van der Waals surface area (Å²) in [6.45, 7) is 0. The molecule has 92 valence electrons. The van der Waals surface area contributed by atoms with Gasteiger partial charge in [-0.25, -0.2) is 4.79 Å². The van der Waals surface area contributed by atoms with Gasteiger partial charge >= 0.3 is 5.97 Å². The summed E-state index contributed by atoms with van der Waals surface area (Å²) >= 11 is 0. The van der Waals surface area contributed by atoms with Gasteiger partial charge in [0.25, 0.3) is 0 Å². The Labute approximate surface area is 97.1 Å². The predicted octanol–water partition coefficient (Wildman–Crippen LogP) is -0.228. The molecule has 2 atom stereocenters. The summed E-state index contributed by atoms with van der Waals surface area (Å²) in [6, 6.07) is 3.98. The molecule has 0 saturated carbocycles. The van der Waals surface area contributed by atoms with E-state index in [9.17, 15) is 24.9 Å². The Hall–Kier alpha value is -1.92. The molecule has 0 bridgehead atoms. The summed E-state index contributed by atoms with van der Waals surface area (Å²) in [7, 11) is 1.05. The first-order chi connectivity index (χ1) is 8.02. The van der Waals surface area contributed by atoms with Crippen LogP contribution in [0.15, 0.2) is 18.2 Å². The normalized spacial score (nSPS) is 13.8. The van der Waals surface area contributed by atoms with E-state index in [1.54, 1.807) is 0 Å². The number of carbonyl (C=O) groups is 2. The second-order valence-electron chi connectivity index (χ2n) is 3.31. The van der Waals surface area contributed by atoms with Gasteiger partial charge in [-0.1, -0.05) is 12.1 Å². The third kappa shape index (κ3) is 2.61. The first-order valence-electron chi connectivity index (χ1n) is 4.74.